The highest BCUT2D eigenvalue weighted by atomic mass is 35.5. The maximum Gasteiger partial charge on any atom is 0.325 e. The topological polar surface area (TPSA) is 151 Å². The molecule has 28 heavy (non-hydrogen) atoms. The molecular weight excluding hydrogens is 393 g/mol. The van der Waals surface area contributed by atoms with E-state index in [0.29, 0.717) is 17.1 Å². The van der Waals surface area contributed by atoms with Crippen molar-refractivity contribution in [1.82, 2.24) is 10.3 Å². The number of anilines is 4. The summed E-state index contributed by atoms with van der Waals surface area (Å²) in [6.45, 7) is 0. The average Bonchev–Trinajstić information content (AvgIpc) is 3.12. The highest BCUT2D eigenvalue weighted by molar-refractivity contribution is 6.31. The number of nitrogens with one attached hydrogen (secondary N) is 3. The molecule has 6 N–H and O–H groups in total. The van der Waals surface area contributed by atoms with Crippen LogP contribution in [0, 0.1) is 5.82 Å². The molecule has 0 radical (unpaired) electrons. The standard InChI is InChI=1S/C16H13ClFN7O3/c17-11-7-10(5-6-12(11)18)20-14(23-27)13-15(25-28-24-13)22-16(26)21-9-3-1-8(19)2-4-9/h1-7,27H,19H2,(H,20,23)(H2,21,22,25,26). The van der Waals surface area contributed by atoms with Crippen molar-refractivity contribution in [3.05, 3.63) is 59.0 Å². The maximum absolute atomic E-state index is 13.3. The number of benzene rings is 2. The Morgan fingerprint density at radius 1 is 1.11 bits per heavy atom. The lowest BCUT2D eigenvalue weighted by molar-refractivity contribution is 0.261. The van der Waals surface area contributed by atoms with Crippen molar-refractivity contribution in [2.75, 3.05) is 21.7 Å². The Kier molecular flexibility index (Phi) is 5.56. The highest BCUT2D eigenvalue weighted by Gasteiger charge is 2.20. The summed E-state index contributed by atoms with van der Waals surface area (Å²) in [5, 5.41) is 27.0. The van der Waals surface area contributed by atoms with Crippen LogP contribution in [0.1, 0.15) is 5.69 Å². The summed E-state index contributed by atoms with van der Waals surface area (Å²) >= 11 is 5.72. The first kappa shape index (κ1) is 18.9. The zero-order chi connectivity index (χ0) is 20.1. The third-order valence-corrected chi connectivity index (χ3v) is 3.69. The molecule has 1 aromatic heterocycles. The van der Waals surface area contributed by atoms with Crippen LogP contribution >= 0.6 is 11.6 Å². The maximum atomic E-state index is 13.3. The lowest BCUT2D eigenvalue weighted by Crippen LogP contribution is -2.23. The highest BCUT2D eigenvalue weighted by Crippen LogP contribution is 2.21. The van der Waals surface area contributed by atoms with Gasteiger partial charge in [0, 0.05) is 17.1 Å². The van der Waals surface area contributed by atoms with Gasteiger partial charge in [0.15, 0.2) is 5.69 Å². The Hall–Kier alpha value is -3.86. The number of carbonyl (C=O) groups is 1. The van der Waals surface area contributed by atoms with Gasteiger partial charge in [-0.2, -0.15) is 0 Å². The van der Waals surface area contributed by atoms with E-state index in [0.717, 1.165) is 6.07 Å². The molecule has 0 aliphatic rings. The van der Waals surface area contributed by atoms with Gasteiger partial charge >= 0.3 is 6.03 Å². The Morgan fingerprint density at radius 3 is 2.50 bits per heavy atom. The smallest absolute Gasteiger partial charge is 0.325 e. The number of rotatable bonds is 4. The van der Waals surface area contributed by atoms with Gasteiger partial charge in [0.05, 0.1) is 5.02 Å². The molecule has 12 heteroatoms. The second-order valence-corrected chi connectivity index (χ2v) is 5.77. The van der Waals surface area contributed by atoms with Crippen molar-refractivity contribution in [3.8, 4) is 0 Å². The summed E-state index contributed by atoms with van der Waals surface area (Å²) in [6.07, 6.45) is 0. The van der Waals surface area contributed by atoms with Crippen molar-refractivity contribution < 1.29 is 19.0 Å². The molecule has 3 rings (SSSR count). The molecule has 0 bridgehead atoms. The third kappa shape index (κ3) is 4.45. The number of nitrogens with two attached hydrogens (primary N) is 1. The number of urea groups is 1. The summed E-state index contributed by atoms with van der Waals surface area (Å²) in [7, 11) is 0. The van der Waals surface area contributed by atoms with Crippen molar-refractivity contribution in [2.24, 2.45) is 5.16 Å². The molecule has 0 aliphatic carbocycles. The van der Waals surface area contributed by atoms with Crippen molar-refractivity contribution in [1.29, 1.82) is 0 Å². The first-order valence-corrected chi connectivity index (χ1v) is 8.04. The van der Waals surface area contributed by atoms with Gasteiger partial charge in [0.1, 0.15) is 5.82 Å². The average molecular weight is 406 g/mol. The summed E-state index contributed by atoms with van der Waals surface area (Å²) < 4.78 is 17.9. The van der Waals surface area contributed by atoms with Crippen molar-refractivity contribution >= 4 is 46.3 Å². The van der Waals surface area contributed by atoms with E-state index in [2.05, 4.69) is 36.0 Å². The molecular formula is C16H13ClFN7O3. The number of hydrogen-bond acceptors (Lipinski definition) is 7. The first-order chi connectivity index (χ1) is 13.5. The fourth-order valence-electron chi connectivity index (χ4n) is 2.10. The molecule has 0 spiro atoms. The number of nitrogen functional groups attached to an aromatic ring is 1. The van der Waals surface area contributed by atoms with E-state index in [-0.39, 0.29) is 22.4 Å². The van der Waals surface area contributed by atoms with Crippen LogP contribution < -0.4 is 21.7 Å². The molecule has 2 aromatic carbocycles. The molecule has 0 fully saturated rings. The Bertz CT molecular complexity index is 1020. The van der Waals surface area contributed by atoms with Crippen molar-refractivity contribution in [3.63, 3.8) is 0 Å². The van der Waals surface area contributed by atoms with E-state index in [9.17, 15) is 14.4 Å². The minimum Gasteiger partial charge on any atom is -0.409 e. The molecule has 0 aliphatic heterocycles. The van der Waals surface area contributed by atoms with Crippen LogP contribution in [0.5, 0.6) is 0 Å². The first-order valence-electron chi connectivity index (χ1n) is 7.67. The van der Waals surface area contributed by atoms with Gasteiger partial charge < -0.3 is 21.6 Å². The SMILES string of the molecule is Nc1ccc(NC(=O)Nc2nonc2/C(=N/O)Nc2ccc(F)c(Cl)c2)cc1. The number of aromatic nitrogens is 2. The molecule has 1 heterocycles. The molecule has 0 unspecified atom stereocenters. The van der Waals surface area contributed by atoms with Crippen LogP contribution in [0.2, 0.25) is 5.02 Å². The largest absolute Gasteiger partial charge is 0.409 e. The fourth-order valence-corrected chi connectivity index (χ4v) is 2.28. The second-order valence-electron chi connectivity index (χ2n) is 5.37. The molecule has 2 amide bonds. The predicted molar refractivity (Wildman–Crippen MR) is 101 cm³/mol. The van der Waals surface area contributed by atoms with Gasteiger partial charge in [-0.25, -0.2) is 13.8 Å². The van der Waals surface area contributed by atoms with Crippen LogP contribution in [0.25, 0.3) is 0 Å². The Labute approximate surface area is 162 Å². The molecule has 3 aromatic rings. The van der Waals surface area contributed by atoms with E-state index < -0.39 is 11.8 Å². The minimum absolute atomic E-state index is 0.101. The van der Waals surface area contributed by atoms with Gasteiger partial charge in [0.25, 0.3) is 0 Å². The van der Waals surface area contributed by atoms with E-state index in [1.807, 2.05) is 0 Å². The van der Waals surface area contributed by atoms with Crippen molar-refractivity contribution in [2.45, 2.75) is 0 Å². The van der Waals surface area contributed by atoms with Gasteiger partial charge in [-0.3, -0.25) is 5.32 Å². The zero-order valence-corrected chi connectivity index (χ0v) is 14.7. The van der Waals surface area contributed by atoms with Gasteiger partial charge in [-0.15, -0.1) is 0 Å². The van der Waals surface area contributed by atoms with E-state index >= 15 is 0 Å². The summed E-state index contributed by atoms with van der Waals surface area (Å²) in [4.78, 5) is 12.1. The van der Waals surface area contributed by atoms with Crippen LogP contribution in [-0.4, -0.2) is 27.4 Å². The molecule has 10 nitrogen and oxygen atoms in total. The lowest BCUT2D eigenvalue weighted by atomic mass is 10.3. The van der Waals surface area contributed by atoms with Crippen LogP contribution in [0.3, 0.4) is 0 Å². The predicted octanol–water partition coefficient (Wildman–Crippen LogP) is 3.34. The number of hydrogen-bond donors (Lipinski definition) is 5. The van der Waals surface area contributed by atoms with E-state index in [4.69, 9.17) is 17.3 Å². The summed E-state index contributed by atoms with van der Waals surface area (Å²) in [6, 6.07) is 9.56. The summed E-state index contributed by atoms with van der Waals surface area (Å²) in [5.41, 5.74) is 6.82. The third-order valence-electron chi connectivity index (χ3n) is 3.40. The molecule has 0 saturated carbocycles. The fraction of sp³-hybridized carbons (Fsp3) is 0. The summed E-state index contributed by atoms with van der Waals surface area (Å²) in [5.74, 6) is -0.951. The second kappa shape index (κ2) is 8.22. The quantitative estimate of drug-likeness (QED) is 0.147. The van der Waals surface area contributed by atoms with Crippen LogP contribution in [0.4, 0.5) is 32.1 Å². The normalized spacial score (nSPS) is 11.1. The number of nitrogens with zero attached hydrogens (tertiary/aromatic N) is 3. The molecule has 144 valence electrons. The van der Waals surface area contributed by atoms with Gasteiger partial charge in [0.2, 0.25) is 11.7 Å². The number of halogens is 2. The minimum atomic E-state index is -0.649. The zero-order valence-electron chi connectivity index (χ0n) is 14.0. The number of carbonyl (C=O) groups excluding carboxylic acids is 1. The Morgan fingerprint density at radius 2 is 1.82 bits per heavy atom. The molecule has 0 saturated heterocycles. The lowest BCUT2D eigenvalue weighted by Gasteiger charge is -2.09. The monoisotopic (exact) mass is 405 g/mol. The number of oxime groups is 1. The van der Waals surface area contributed by atoms with Gasteiger partial charge in [-0.1, -0.05) is 16.8 Å². The number of amidine groups is 1. The van der Waals surface area contributed by atoms with Crippen LogP contribution in [-0.2, 0) is 0 Å². The molecule has 0 atom stereocenters. The van der Waals surface area contributed by atoms with Crippen LogP contribution in [0.15, 0.2) is 52.2 Å². The Balaban J connectivity index is 1.73. The van der Waals surface area contributed by atoms with E-state index in [1.54, 1.807) is 24.3 Å². The van der Waals surface area contributed by atoms with Gasteiger partial charge in [-0.05, 0) is 52.8 Å². The van der Waals surface area contributed by atoms with E-state index in [1.165, 1.54) is 12.1 Å². The number of amides is 2.